The smallest absolute Gasteiger partial charge is 0.330 e. The summed E-state index contributed by atoms with van der Waals surface area (Å²) in [5, 5.41) is 8.67. The van der Waals surface area contributed by atoms with Crippen LogP contribution in [0.5, 0.6) is 0 Å². The first-order valence-corrected chi connectivity index (χ1v) is 5.61. The van der Waals surface area contributed by atoms with Gasteiger partial charge in [0.15, 0.2) is 0 Å². The second kappa shape index (κ2) is 9.16. The van der Waals surface area contributed by atoms with E-state index in [-0.39, 0.29) is 12.6 Å². The van der Waals surface area contributed by atoms with Crippen molar-refractivity contribution in [3.8, 4) is 0 Å². The van der Waals surface area contributed by atoms with Crippen LogP contribution in [0.2, 0.25) is 0 Å². The topological polar surface area (TPSA) is 46.5 Å². The van der Waals surface area contributed by atoms with Crippen LogP contribution in [0.25, 0.3) is 0 Å². The summed E-state index contributed by atoms with van der Waals surface area (Å²) >= 11 is 0. The van der Waals surface area contributed by atoms with E-state index in [1.54, 1.807) is 0 Å². The van der Waals surface area contributed by atoms with Crippen LogP contribution in [0.1, 0.15) is 39.5 Å². The van der Waals surface area contributed by atoms with Crippen LogP contribution >= 0.6 is 0 Å². The maximum Gasteiger partial charge on any atom is 0.330 e. The summed E-state index contributed by atoms with van der Waals surface area (Å²) in [7, 11) is 1.38. The first-order valence-electron chi connectivity index (χ1n) is 5.61. The van der Waals surface area contributed by atoms with E-state index in [2.05, 4.69) is 17.7 Å². The van der Waals surface area contributed by atoms with Gasteiger partial charge in [0.1, 0.15) is 0 Å². The Labute approximate surface area is 97.8 Å². The second-order valence-electron chi connectivity index (χ2n) is 3.93. The van der Waals surface area contributed by atoms with E-state index in [1.807, 2.05) is 6.92 Å². The van der Waals surface area contributed by atoms with Gasteiger partial charge in [-0.15, -0.1) is 0 Å². The predicted octanol–water partition coefficient (Wildman–Crippen LogP) is 2.60. The average Bonchev–Trinajstić information content (AvgIpc) is 2.26. The Morgan fingerprint density at radius 2 is 1.94 bits per heavy atom. The minimum atomic E-state index is -0.293. The van der Waals surface area contributed by atoms with Gasteiger partial charge in [-0.25, -0.2) is 4.79 Å². The van der Waals surface area contributed by atoms with Crippen molar-refractivity contribution in [1.82, 2.24) is 0 Å². The van der Waals surface area contributed by atoms with Crippen LogP contribution in [0, 0.1) is 0 Å². The molecule has 0 saturated carbocycles. The monoisotopic (exact) mass is 226 g/mol. The van der Waals surface area contributed by atoms with Crippen LogP contribution in [-0.4, -0.2) is 24.8 Å². The summed E-state index contributed by atoms with van der Waals surface area (Å²) < 4.78 is 4.54. The average molecular weight is 226 g/mol. The molecule has 92 valence electrons. The van der Waals surface area contributed by atoms with Gasteiger partial charge in [-0.05, 0) is 39.5 Å². The molecule has 0 bridgehead atoms. The Balaban J connectivity index is 3.88. The summed E-state index contributed by atoms with van der Waals surface area (Å²) in [4.78, 5) is 10.9. The van der Waals surface area contributed by atoms with Crippen molar-refractivity contribution in [2.45, 2.75) is 39.5 Å². The van der Waals surface area contributed by atoms with Gasteiger partial charge in [-0.2, -0.15) is 0 Å². The van der Waals surface area contributed by atoms with E-state index in [1.165, 1.54) is 18.8 Å². The van der Waals surface area contributed by atoms with Crippen molar-refractivity contribution in [1.29, 1.82) is 0 Å². The van der Waals surface area contributed by atoms with E-state index in [0.29, 0.717) is 0 Å². The highest BCUT2D eigenvalue weighted by Crippen LogP contribution is 2.09. The minimum absolute atomic E-state index is 0.243. The van der Waals surface area contributed by atoms with Crippen LogP contribution in [0.4, 0.5) is 0 Å². The number of methoxy groups -OCH3 is 1. The van der Waals surface area contributed by atoms with Crippen LogP contribution in [0.15, 0.2) is 23.3 Å². The Hall–Kier alpha value is -1.09. The number of hydrogen-bond acceptors (Lipinski definition) is 3. The fraction of sp³-hybridized carbons (Fsp3) is 0.615. The molecule has 0 rings (SSSR count). The van der Waals surface area contributed by atoms with E-state index in [9.17, 15) is 4.79 Å². The van der Waals surface area contributed by atoms with Gasteiger partial charge >= 0.3 is 5.97 Å². The number of rotatable bonds is 7. The fourth-order valence-electron chi connectivity index (χ4n) is 1.34. The van der Waals surface area contributed by atoms with Crippen molar-refractivity contribution in [2.75, 3.05) is 13.7 Å². The predicted molar refractivity (Wildman–Crippen MR) is 65.1 cm³/mol. The molecular formula is C13H22O3. The Kier molecular flexibility index (Phi) is 8.53. The molecular weight excluding hydrogens is 204 g/mol. The standard InChI is InChI=1S/C13H22O3/c1-11(8-5-9-14)6-4-7-12(2)10-13(15)16-3/h6,10,14H,4-5,7-9H2,1-3H3. The number of ether oxygens (including phenoxy) is 1. The lowest BCUT2D eigenvalue weighted by molar-refractivity contribution is -0.134. The number of aliphatic hydroxyl groups is 1. The molecule has 0 fully saturated rings. The number of hydrogen-bond donors (Lipinski definition) is 1. The molecule has 0 atom stereocenters. The highest BCUT2D eigenvalue weighted by molar-refractivity contribution is 5.82. The van der Waals surface area contributed by atoms with Crippen molar-refractivity contribution < 1.29 is 14.6 Å². The molecule has 0 aliphatic heterocycles. The maximum absolute atomic E-state index is 10.9. The molecule has 0 saturated heterocycles. The van der Waals surface area contributed by atoms with Crippen molar-refractivity contribution in [3.05, 3.63) is 23.3 Å². The van der Waals surface area contributed by atoms with Crippen molar-refractivity contribution in [2.24, 2.45) is 0 Å². The molecule has 0 amide bonds. The van der Waals surface area contributed by atoms with Gasteiger partial charge in [0.05, 0.1) is 7.11 Å². The third kappa shape index (κ3) is 8.24. The molecule has 0 aromatic heterocycles. The molecule has 0 aliphatic rings. The quantitative estimate of drug-likeness (QED) is 0.412. The number of allylic oxidation sites excluding steroid dienone is 3. The summed E-state index contributed by atoms with van der Waals surface area (Å²) in [5.74, 6) is -0.293. The molecule has 0 unspecified atom stereocenters. The third-order valence-electron chi connectivity index (χ3n) is 2.33. The molecule has 1 N–H and O–H groups in total. The molecule has 0 aromatic rings. The van der Waals surface area contributed by atoms with Crippen LogP contribution in [-0.2, 0) is 9.53 Å². The lowest BCUT2D eigenvalue weighted by Crippen LogP contribution is -1.95. The summed E-state index contributed by atoms with van der Waals surface area (Å²) in [6.07, 6.45) is 7.24. The highest BCUT2D eigenvalue weighted by Gasteiger charge is 1.96. The van der Waals surface area contributed by atoms with Crippen molar-refractivity contribution in [3.63, 3.8) is 0 Å². The molecule has 0 radical (unpaired) electrons. The zero-order chi connectivity index (χ0) is 12.4. The lowest BCUT2D eigenvalue weighted by Gasteiger charge is -2.01. The second-order valence-corrected chi connectivity index (χ2v) is 3.93. The van der Waals surface area contributed by atoms with E-state index < -0.39 is 0 Å². The lowest BCUT2D eigenvalue weighted by atomic mass is 10.1. The van der Waals surface area contributed by atoms with Gasteiger partial charge in [0.25, 0.3) is 0 Å². The van der Waals surface area contributed by atoms with Gasteiger partial charge < -0.3 is 9.84 Å². The number of aliphatic hydroxyl groups excluding tert-OH is 1. The summed E-state index contributed by atoms with van der Waals surface area (Å²) in [6.45, 7) is 4.23. The largest absolute Gasteiger partial charge is 0.466 e. The number of carbonyl (C=O) groups is 1. The normalized spacial score (nSPS) is 12.8. The van der Waals surface area contributed by atoms with Gasteiger partial charge in [-0.1, -0.05) is 17.2 Å². The van der Waals surface area contributed by atoms with Gasteiger partial charge in [0, 0.05) is 12.7 Å². The summed E-state index contributed by atoms with van der Waals surface area (Å²) in [5.41, 5.74) is 2.32. The molecule has 3 nitrogen and oxygen atoms in total. The zero-order valence-corrected chi connectivity index (χ0v) is 10.5. The van der Waals surface area contributed by atoms with Crippen LogP contribution < -0.4 is 0 Å². The first-order chi connectivity index (χ1) is 7.60. The molecule has 0 aliphatic carbocycles. The van der Waals surface area contributed by atoms with Crippen LogP contribution in [0.3, 0.4) is 0 Å². The third-order valence-corrected chi connectivity index (χ3v) is 2.33. The first kappa shape index (κ1) is 14.9. The Morgan fingerprint density at radius 3 is 2.50 bits per heavy atom. The minimum Gasteiger partial charge on any atom is -0.466 e. The zero-order valence-electron chi connectivity index (χ0n) is 10.5. The SMILES string of the molecule is COC(=O)C=C(C)CCC=C(C)CCCO. The highest BCUT2D eigenvalue weighted by atomic mass is 16.5. The van der Waals surface area contributed by atoms with E-state index in [4.69, 9.17) is 5.11 Å². The van der Waals surface area contributed by atoms with Crippen molar-refractivity contribution >= 4 is 5.97 Å². The molecule has 0 aromatic carbocycles. The molecule has 0 spiro atoms. The van der Waals surface area contributed by atoms with Gasteiger partial charge in [0.2, 0.25) is 0 Å². The summed E-state index contributed by atoms with van der Waals surface area (Å²) in [6, 6.07) is 0. The molecule has 3 heteroatoms. The number of carbonyl (C=O) groups excluding carboxylic acids is 1. The van der Waals surface area contributed by atoms with Gasteiger partial charge in [-0.3, -0.25) is 0 Å². The van der Waals surface area contributed by atoms with E-state index >= 15 is 0 Å². The molecule has 0 heterocycles. The Morgan fingerprint density at radius 1 is 1.25 bits per heavy atom. The van der Waals surface area contributed by atoms with E-state index in [0.717, 1.165) is 31.3 Å². The number of esters is 1. The molecule has 16 heavy (non-hydrogen) atoms. The maximum atomic E-state index is 10.9. The fourth-order valence-corrected chi connectivity index (χ4v) is 1.34. The Bertz CT molecular complexity index is 264.